The molecule has 0 bridgehead atoms. The lowest BCUT2D eigenvalue weighted by molar-refractivity contribution is 0.102. The Morgan fingerprint density at radius 2 is 2.11 bits per heavy atom. The number of hydrogen-bond acceptors (Lipinski definition) is 3. The first kappa shape index (κ1) is 12.5. The fourth-order valence-corrected chi connectivity index (χ4v) is 1.81. The fraction of sp³-hybridized carbons (Fsp3) is 0. The van der Waals surface area contributed by atoms with Crippen LogP contribution in [0.3, 0.4) is 0 Å². The van der Waals surface area contributed by atoms with Crippen molar-refractivity contribution in [1.29, 1.82) is 0 Å². The minimum Gasteiger partial charge on any atom is -0.399 e. The molecule has 92 valence electrons. The van der Waals surface area contributed by atoms with Crippen molar-refractivity contribution in [2.45, 2.75) is 0 Å². The van der Waals surface area contributed by atoms with E-state index < -0.39 is 11.9 Å². The Labute approximate surface area is 111 Å². The van der Waals surface area contributed by atoms with E-state index in [0.29, 0.717) is 15.7 Å². The molecule has 3 N–H and O–H groups in total. The number of anilines is 2. The number of hydrogen-bond donors (Lipinski definition) is 2. The molecule has 2 aromatic rings. The van der Waals surface area contributed by atoms with Gasteiger partial charge in [0, 0.05) is 10.2 Å². The molecule has 4 nitrogen and oxygen atoms in total. The minimum atomic E-state index is -0.653. The molecule has 2 rings (SSSR count). The Morgan fingerprint density at radius 3 is 2.83 bits per heavy atom. The molecule has 1 amide bonds. The van der Waals surface area contributed by atoms with Crippen molar-refractivity contribution in [3.8, 4) is 0 Å². The summed E-state index contributed by atoms with van der Waals surface area (Å²) in [5, 5.41) is 2.49. The SMILES string of the molecule is Nc1ccc(Br)c(C(=O)Nc2cccc(F)n2)c1. The van der Waals surface area contributed by atoms with Crippen LogP contribution in [0.4, 0.5) is 15.9 Å². The van der Waals surface area contributed by atoms with Gasteiger partial charge in [0.1, 0.15) is 5.82 Å². The number of pyridine rings is 1. The summed E-state index contributed by atoms with van der Waals surface area (Å²) in [6.45, 7) is 0. The van der Waals surface area contributed by atoms with Crippen molar-refractivity contribution in [1.82, 2.24) is 4.98 Å². The zero-order chi connectivity index (χ0) is 13.1. The third-order valence-corrected chi connectivity index (χ3v) is 2.88. The smallest absolute Gasteiger partial charge is 0.258 e. The predicted molar refractivity (Wildman–Crippen MR) is 70.7 cm³/mol. The lowest BCUT2D eigenvalue weighted by Gasteiger charge is -2.07. The molecule has 0 fully saturated rings. The largest absolute Gasteiger partial charge is 0.399 e. The molecular weight excluding hydrogens is 301 g/mol. The number of halogens is 2. The highest BCUT2D eigenvalue weighted by atomic mass is 79.9. The summed E-state index contributed by atoms with van der Waals surface area (Å²) in [7, 11) is 0. The quantitative estimate of drug-likeness (QED) is 0.662. The van der Waals surface area contributed by atoms with Crippen LogP contribution in [0, 0.1) is 5.95 Å². The van der Waals surface area contributed by atoms with Gasteiger partial charge in [-0.05, 0) is 46.3 Å². The van der Waals surface area contributed by atoms with Gasteiger partial charge >= 0.3 is 0 Å². The molecule has 18 heavy (non-hydrogen) atoms. The van der Waals surface area contributed by atoms with Gasteiger partial charge in [0.05, 0.1) is 5.56 Å². The van der Waals surface area contributed by atoms with Gasteiger partial charge in [-0.15, -0.1) is 0 Å². The monoisotopic (exact) mass is 309 g/mol. The molecule has 0 atom stereocenters. The molecule has 0 radical (unpaired) electrons. The first-order valence-corrected chi connectivity index (χ1v) is 5.84. The van der Waals surface area contributed by atoms with Gasteiger partial charge in [0.25, 0.3) is 5.91 Å². The van der Waals surface area contributed by atoms with E-state index in [0.717, 1.165) is 0 Å². The van der Waals surface area contributed by atoms with Crippen LogP contribution < -0.4 is 11.1 Å². The van der Waals surface area contributed by atoms with Gasteiger partial charge in [0.15, 0.2) is 0 Å². The van der Waals surface area contributed by atoms with Crippen LogP contribution >= 0.6 is 15.9 Å². The summed E-state index contributed by atoms with van der Waals surface area (Å²) in [5.41, 5.74) is 6.44. The number of carbonyl (C=O) groups excluding carboxylic acids is 1. The number of amides is 1. The summed E-state index contributed by atoms with van der Waals surface area (Å²) in [5.74, 6) is -0.916. The van der Waals surface area contributed by atoms with Gasteiger partial charge in [0.2, 0.25) is 5.95 Å². The maximum atomic E-state index is 12.9. The Bertz CT molecular complexity index is 604. The van der Waals surface area contributed by atoms with E-state index in [1.807, 2.05) is 0 Å². The number of nitrogens with two attached hydrogens (primary N) is 1. The number of carbonyl (C=O) groups is 1. The molecule has 0 spiro atoms. The minimum absolute atomic E-state index is 0.148. The highest BCUT2D eigenvalue weighted by molar-refractivity contribution is 9.10. The number of nitrogen functional groups attached to an aromatic ring is 1. The zero-order valence-corrected chi connectivity index (χ0v) is 10.7. The fourth-order valence-electron chi connectivity index (χ4n) is 1.38. The Hall–Kier alpha value is -1.95. The second-order valence-corrected chi connectivity index (χ2v) is 4.39. The molecule has 1 aromatic carbocycles. The normalized spacial score (nSPS) is 10.1. The predicted octanol–water partition coefficient (Wildman–Crippen LogP) is 2.82. The van der Waals surface area contributed by atoms with E-state index in [-0.39, 0.29) is 5.82 Å². The van der Waals surface area contributed by atoms with Crippen LogP contribution in [0.1, 0.15) is 10.4 Å². The van der Waals surface area contributed by atoms with E-state index in [2.05, 4.69) is 26.2 Å². The topological polar surface area (TPSA) is 68.0 Å². The van der Waals surface area contributed by atoms with Crippen LogP contribution in [0.25, 0.3) is 0 Å². The molecular formula is C12H9BrFN3O. The van der Waals surface area contributed by atoms with Gasteiger partial charge in [-0.25, -0.2) is 4.98 Å². The van der Waals surface area contributed by atoms with E-state index in [9.17, 15) is 9.18 Å². The molecule has 6 heteroatoms. The zero-order valence-electron chi connectivity index (χ0n) is 9.15. The van der Waals surface area contributed by atoms with Gasteiger partial charge < -0.3 is 11.1 Å². The van der Waals surface area contributed by atoms with Crippen molar-refractivity contribution in [2.75, 3.05) is 11.1 Å². The van der Waals surface area contributed by atoms with E-state index in [1.54, 1.807) is 12.1 Å². The first-order valence-electron chi connectivity index (χ1n) is 5.05. The lowest BCUT2D eigenvalue weighted by atomic mass is 10.2. The summed E-state index contributed by atoms with van der Waals surface area (Å²) in [6.07, 6.45) is 0. The van der Waals surface area contributed by atoms with Crippen molar-refractivity contribution in [3.05, 3.63) is 52.4 Å². The van der Waals surface area contributed by atoms with Crippen molar-refractivity contribution in [2.24, 2.45) is 0 Å². The number of benzene rings is 1. The van der Waals surface area contributed by atoms with E-state index in [4.69, 9.17) is 5.73 Å². The van der Waals surface area contributed by atoms with Crippen LogP contribution in [0.15, 0.2) is 40.9 Å². The molecule has 0 aliphatic heterocycles. The van der Waals surface area contributed by atoms with Crippen LogP contribution in [0.2, 0.25) is 0 Å². The number of nitrogens with zero attached hydrogens (tertiary/aromatic N) is 1. The Balaban J connectivity index is 2.24. The summed E-state index contributed by atoms with van der Waals surface area (Å²) < 4.78 is 13.5. The standard InChI is InChI=1S/C12H9BrFN3O/c13-9-5-4-7(15)6-8(9)12(18)17-11-3-1-2-10(14)16-11/h1-6H,15H2,(H,16,17,18). The molecule has 0 saturated heterocycles. The maximum Gasteiger partial charge on any atom is 0.258 e. The molecule has 1 heterocycles. The molecule has 1 aromatic heterocycles. The summed E-state index contributed by atoms with van der Waals surface area (Å²) in [6, 6.07) is 9.03. The highest BCUT2D eigenvalue weighted by Gasteiger charge is 2.11. The average Bonchev–Trinajstić information content (AvgIpc) is 2.32. The summed E-state index contributed by atoms with van der Waals surface area (Å²) in [4.78, 5) is 15.5. The molecule has 0 aliphatic rings. The van der Waals surface area contributed by atoms with Gasteiger partial charge in [-0.2, -0.15) is 4.39 Å². The average molecular weight is 310 g/mol. The number of rotatable bonds is 2. The van der Waals surface area contributed by atoms with E-state index in [1.165, 1.54) is 24.3 Å². The van der Waals surface area contributed by atoms with Crippen molar-refractivity contribution in [3.63, 3.8) is 0 Å². The number of aromatic nitrogens is 1. The third kappa shape index (κ3) is 2.84. The second-order valence-electron chi connectivity index (χ2n) is 3.54. The third-order valence-electron chi connectivity index (χ3n) is 2.19. The molecule has 0 aliphatic carbocycles. The van der Waals surface area contributed by atoms with Crippen LogP contribution in [0.5, 0.6) is 0 Å². The highest BCUT2D eigenvalue weighted by Crippen LogP contribution is 2.20. The maximum absolute atomic E-state index is 12.9. The Kier molecular flexibility index (Phi) is 3.57. The van der Waals surface area contributed by atoms with E-state index >= 15 is 0 Å². The lowest BCUT2D eigenvalue weighted by Crippen LogP contribution is -2.14. The summed E-state index contributed by atoms with van der Waals surface area (Å²) >= 11 is 3.25. The van der Waals surface area contributed by atoms with Crippen molar-refractivity contribution >= 4 is 33.3 Å². The van der Waals surface area contributed by atoms with Crippen LogP contribution in [-0.2, 0) is 0 Å². The van der Waals surface area contributed by atoms with Gasteiger partial charge in [-0.3, -0.25) is 4.79 Å². The van der Waals surface area contributed by atoms with Crippen molar-refractivity contribution < 1.29 is 9.18 Å². The van der Waals surface area contributed by atoms with Gasteiger partial charge in [-0.1, -0.05) is 6.07 Å². The molecule has 0 saturated carbocycles. The first-order chi connectivity index (χ1) is 8.56. The molecule has 0 unspecified atom stereocenters. The second kappa shape index (κ2) is 5.14. The Morgan fingerprint density at radius 1 is 1.33 bits per heavy atom. The number of nitrogens with one attached hydrogen (secondary N) is 1. The van der Waals surface area contributed by atoms with Crippen LogP contribution in [-0.4, -0.2) is 10.9 Å².